The van der Waals surface area contributed by atoms with Gasteiger partial charge in [-0.2, -0.15) is 0 Å². The molecule has 9 heavy (non-hydrogen) atoms. The first-order valence-corrected chi connectivity index (χ1v) is 3.45. The summed E-state index contributed by atoms with van der Waals surface area (Å²) in [4.78, 5) is 0. The number of nitrogens with one attached hydrogen (secondary N) is 1. The third-order valence-electron chi connectivity index (χ3n) is 1.21. The van der Waals surface area contributed by atoms with Crippen molar-refractivity contribution in [1.82, 2.24) is 5.32 Å². The van der Waals surface area contributed by atoms with E-state index in [2.05, 4.69) is 26.1 Å². The molecule has 1 aliphatic rings. The Balaban J connectivity index is 2.03. The minimum absolute atomic E-state index is 0.0320. The highest BCUT2D eigenvalue weighted by atomic mass is 16.5. The van der Waals surface area contributed by atoms with Crippen molar-refractivity contribution < 1.29 is 4.74 Å². The summed E-state index contributed by atoms with van der Waals surface area (Å²) in [7, 11) is 0. The maximum atomic E-state index is 5.49. The van der Waals surface area contributed by atoms with Gasteiger partial charge in [0.15, 0.2) is 0 Å². The van der Waals surface area contributed by atoms with Gasteiger partial charge in [-0.05, 0) is 20.8 Å². The molecule has 0 saturated carbocycles. The second-order valence-corrected chi connectivity index (χ2v) is 3.53. The number of rotatable bonds is 2. The van der Waals surface area contributed by atoms with E-state index in [0.29, 0.717) is 6.04 Å². The summed E-state index contributed by atoms with van der Waals surface area (Å²) in [6.45, 7) is 8.24. The van der Waals surface area contributed by atoms with Crippen molar-refractivity contribution in [2.45, 2.75) is 32.4 Å². The molecule has 1 unspecified atom stereocenters. The van der Waals surface area contributed by atoms with Crippen molar-refractivity contribution in [2.24, 2.45) is 0 Å². The molecule has 1 atom stereocenters. The van der Waals surface area contributed by atoms with Crippen molar-refractivity contribution in [2.75, 3.05) is 13.2 Å². The maximum absolute atomic E-state index is 5.49. The summed E-state index contributed by atoms with van der Waals surface area (Å²) in [5.41, 5.74) is 0.0320. The number of hydrogen-bond donors (Lipinski definition) is 1. The molecule has 0 radical (unpaired) electrons. The second kappa shape index (κ2) is 2.27. The summed E-state index contributed by atoms with van der Waals surface area (Å²) in [5.74, 6) is 0. The first-order valence-electron chi connectivity index (χ1n) is 3.45. The van der Waals surface area contributed by atoms with Crippen molar-refractivity contribution >= 4 is 0 Å². The average Bonchev–Trinajstić information content (AvgIpc) is 2.38. The normalized spacial score (nSPS) is 26.3. The molecule has 0 aromatic carbocycles. The lowest BCUT2D eigenvalue weighted by Gasteiger charge is -2.18. The third kappa shape index (κ3) is 3.49. The molecule has 1 rings (SSSR count). The van der Waals surface area contributed by atoms with Gasteiger partial charge in [0.05, 0.1) is 12.2 Å². The van der Waals surface area contributed by atoms with Crippen LogP contribution in [0.4, 0.5) is 0 Å². The second-order valence-electron chi connectivity index (χ2n) is 3.53. The Morgan fingerprint density at radius 1 is 1.56 bits per heavy atom. The van der Waals surface area contributed by atoms with Crippen LogP contribution >= 0.6 is 0 Å². The summed E-state index contributed by atoms with van der Waals surface area (Å²) in [5, 5.41) is 3.18. The number of hydrogen-bond acceptors (Lipinski definition) is 2. The Morgan fingerprint density at radius 2 is 2.11 bits per heavy atom. The molecule has 54 valence electrons. The van der Waals surface area contributed by atoms with Gasteiger partial charge < -0.3 is 10.1 Å². The van der Waals surface area contributed by atoms with Crippen LogP contribution in [0.2, 0.25) is 0 Å². The van der Waals surface area contributed by atoms with Gasteiger partial charge in [0.2, 0.25) is 0 Å². The molecule has 0 aromatic heterocycles. The Bertz CT molecular complexity index is 91.6. The van der Waals surface area contributed by atoms with E-state index in [1.54, 1.807) is 0 Å². The highest BCUT2D eigenvalue weighted by Crippen LogP contribution is 2.09. The average molecular weight is 129 g/mol. The highest BCUT2D eigenvalue weighted by molar-refractivity contribution is 4.83. The number of ether oxygens (including phenoxy) is 1. The smallest absolute Gasteiger partial charge is 0.0639 e. The predicted octanol–water partition coefficient (Wildman–Crippen LogP) is 0.773. The minimum Gasteiger partial charge on any atom is -0.374 e. The van der Waals surface area contributed by atoms with Gasteiger partial charge in [-0.1, -0.05) is 0 Å². The molecular weight excluding hydrogens is 114 g/mol. The van der Waals surface area contributed by atoms with E-state index in [-0.39, 0.29) is 5.60 Å². The van der Waals surface area contributed by atoms with Crippen LogP contribution in [-0.4, -0.2) is 24.8 Å². The van der Waals surface area contributed by atoms with E-state index in [9.17, 15) is 0 Å². The SMILES string of the molecule is CC(C)(C)OCC1CN1. The lowest BCUT2D eigenvalue weighted by atomic mass is 10.2. The van der Waals surface area contributed by atoms with E-state index < -0.39 is 0 Å². The third-order valence-corrected chi connectivity index (χ3v) is 1.21. The summed E-state index contributed by atoms with van der Waals surface area (Å²) in [6, 6.07) is 0.643. The van der Waals surface area contributed by atoms with Crippen LogP contribution in [0.25, 0.3) is 0 Å². The molecular formula is C7H15NO. The molecule has 1 heterocycles. The molecule has 1 fully saturated rings. The van der Waals surface area contributed by atoms with E-state index >= 15 is 0 Å². The topological polar surface area (TPSA) is 31.2 Å². The van der Waals surface area contributed by atoms with Gasteiger partial charge in [-0.25, -0.2) is 0 Å². The molecule has 0 bridgehead atoms. The fraction of sp³-hybridized carbons (Fsp3) is 1.00. The summed E-state index contributed by atoms with van der Waals surface area (Å²) >= 11 is 0. The molecule has 0 aromatic rings. The van der Waals surface area contributed by atoms with E-state index in [1.165, 1.54) is 0 Å². The maximum Gasteiger partial charge on any atom is 0.0639 e. The zero-order chi connectivity index (χ0) is 6.91. The largest absolute Gasteiger partial charge is 0.374 e. The molecule has 1 N–H and O–H groups in total. The van der Waals surface area contributed by atoms with Crippen molar-refractivity contribution in [3.8, 4) is 0 Å². The standard InChI is InChI=1S/C7H15NO/c1-7(2,3)9-5-6-4-8-6/h6,8H,4-5H2,1-3H3. The van der Waals surface area contributed by atoms with Gasteiger partial charge in [-0.3, -0.25) is 0 Å². The Morgan fingerprint density at radius 3 is 2.44 bits per heavy atom. The zero-order valence-electron chi connectivity index (χ0n) is 6.40. The first-order chi connectivity index (χ1) is 4.08. The molecule has 2 heteroatoms. The van der Waals surface area contributed by atoms with Crippen molar-refractivity contribution in [1.29, 1.82) is 0 Å². The summed E-state index contributed by atoms with van der Waals surface area (Å²) in [6.07, 6.45) is 0. The van der Waals surface area contributed by atoms with Crippen molar-refractivity contribution in [3.63, 3.8) is 0 Å². The predicted molar refractivity (Wildman–Crippen MR) is 37.5 cm³/mol. The minimum atomic E-state index is 0.0320. The molecule has 2 nitrogen and oxygen atoms in total. The van der Waals surface area contributed by atoms with Gasteiger partial charge >= 0.3 is 0 Å². The zero-order valence-corrected chi connectivity index (χ0v) is 6.40. The van der Waals surface area contributed by atoms with Crippen LogP contribution in [-0.2, 0) is 4.74 Å². The molecule has 0 aliphatic carbocycles. The van der Waals surface area contributed by atoms with Crippen LogP contribution in [0.3, 0.4) is 0 Å². The Labute approximate surface area is 56.6 Å². The molecule has 1 saturated heterocycles. The van der Waals surface area contributed by atoms with Crippen LogP contribution < -0.4 is 5.32 Å². The first kappa shape index (κ1) is 7.03. The lowest BCUT2D eigenvalue weighted by Crippen LogP contribution is -2.22. The van der Waals surface area contributed by atoms with Crippen LogP contribution in [0.15, 0.2) is 0 Å². The van der Waals surface area contributed by atoms with E-state index in [1.807, 2.05) is 0 Å². The quantitative estimate of drug-likeness (QED) is 0.558. The van der Waals surface area contributed by atoms with Gasteiger partial charge in [-0.15, -0.1) is 0 Å². The van der Waals surface area contributed by atoms with Gasteiger partial charge in [0.25, 0.3) is 0 Å². The Kier molecular flexibility index (Phi) is 1.78. The van der Waals surface area contributed by atoms with Crippen LogP contribution in [0.1, 0.15) is 20.8 Å². The van der Waals surface area contributed by atoms with Gasteiger partial charge in [0.1, 0.15) is 0 Å². The van der Waals surface area contributed by atoms with Crippen LogP contribution in [0, 0.1) is 0 Å². The molecule has 0 spiro atoms. The van der Waals surface area contributed by atoms with Crippen LogP contribution in [0.5, 0.6) is 0 Å². The monoisotopic (exact) mass is 129 g/mol. The van der Waals surface area contributed by atoms with Gasteiger partial charge in [0, 0.05) is 12.6 Å². The van der Waals surface area contributed by atoms with E-state index in [0.717, 1.165) is 13.2 Å². The fourth-order valence-corrected chi connectivity index (χ4v) is 0.552. The van der Waals surface area contributed by atoms with Crippen molar-refractivity contribution in [3.05, 3.63) is 0 Å². The highest BCUT2D eigenvalue weighted by Gasteiger charge is 2.22. The lowest BCUT2D eigenvalue weighted by molar-refractivity contribution is -0.00147. The summed E-state index contributed by atoms with van der Waals surface area (Å²) < 4.78 is 5.49. The Hall–Kier alpha value is -0.0800. The fourth-order valence-electron chi connectivity index (χ4n) is 0.552. The molecule has 0 amide bonds. The van der Waals surface area contributed by atoms with E-state index in [4.69, 9.17) is 4.74 Å². The molecule has 1 aliphatic heterocycles.